The average molecular weight is 590 g/mol. The Morgan fingerprint density at radius 2 is 0.844 bits per heavy atom. The van der Waals surface area contributed by atoms with Crippen LogP contribution >= 0.6 is 11.3 Å². The quantitative estimate of drug-likeness (QED) is 0.179. The van der Waals surface area contributed by atoms with E-state index in [1.165, 1.54) is 92.2 Å². The molecular formula is C43H27NS. The molecule has 0 amide bonds. The van der Waals surface area contributed by atoms with Gasteiger partial charge in [0.05, 0.1) is 11.0 Å². The number of para-hydroxylation sites is 1. The van der Waals surface area contributed by atoms with Crippen LogP contribution in [-0.4, -0.2) is 4.57 Å². The number of hydrogen-bond donors (Lipinski definition) is 0. The minimum atomic E-state index is 0.896. The second kappa shape index (κ2) is 9.53. The maximum absolute atomic E-state index is 2.41. The number of thiophene rings is 1. The smallest absolute Gasteiger partial charge is 0.0541 e. The summed E-state index contributed by atoms with van der Waals surface area (Å²) in [6.07, 6.45) is 0.896. The third kappa shape index (κ3) is 3.93. The summed E-state index contributed by atoms with van der Waals surface area (Å²) in [4.78, 5) is 0. The van der Waals surface area contributed by atoms with Crippen LogP contribution in [0, 0.1) is 0 Å². The third-order valence-corrected chi connectivity index (χ3v) is 10.7. The lowest BCUT2D eigenvalue weighted by Crippen LogP contribution is -1.93. The Morgan fingerprint density at radius 1 is 0.378 bits per heavy atom. The van der Waals surface area contributed by atoms with E-state index in [0.717, 1.165) is 6.42 Å². The van der Waals surface area contributed by atoms with Gasteiger partial charge in [0.1, 0.15) is 0 Å². The molecule has 0 N–H and O–H groups in total. The van der Waals surface area contributed by atoms with Gasteiger partial charge in [-0.25, -0.2) is 0 Å². The summed E-state index contributed by atoms with van der Waals surface area (Å²) in [5.41, 5.74) is 13.8. The van der Waals surface area contributed by atoms with Crippen LogP contribution in [0.5, 0.6) is 0 Å². The molecule has 7 aromatic carbocycles. The molecule has 45 heavy (non-hydrogen) atoms. The second-order valence-electron chi connectivity index (χ2n) is 12.2. The Kier molecular flexibility index (Phi) is 5.28. The lowest BCUT2D eigenvalue weighted by molar-refractivity contribution is 1.18. The Balaban J connectivity index is 1.30. The Morgan fingerprint density at radius 3 is 1.38 bits per heavy atom. The van der Waals surface area contributed by atoms with Crippen LogP contribution in [0.3, 0.4) is 0 Å². The standard InChI is InChI=1S/C43H27NS/c1-2-10-35(11-3-1)44-40-16-12-31-23-36(40)37-24-32(13-17-41(37)44)34-15-19-43-39(26-34)38-25-33(14-18-42(38)45-43)30-9-5-7-28(22-30)20-27-6-4-8-29(31)21-27/h1-19,21-26H,20H2. The van der Waals surface area contributed by atoms with Crippen molar-refractivity contribution in [1.29, 1.82) is 0 Å². The van der Waals surface area contributed by atoms with Crippen molar-refractivity contribution in [2.45, 2.75) is 6.42 Å². The van der Waals surface area contributed by atoms with Crippen LogP contribution in [0.4, 0.5) is 0 Å². The molecule has 0 radical (unpaired) electrons. The summed E-state index contributed by atoms with van der Waals surface area (Å²) in [6, 6.07) is 56.8. The van der Waals surface area contributed by atoms with Gasteiger partial charge in [-0.2, -0.15) is 0 Å². The molecule has 0 saturated heterocycles. The lowest BCUT2D eigenvalue weighted by Gasteiger charge is -2.10. The minimum absolute atomic E-state index is 0.896. The second-order valence-corrected chi connectivity index (χ2v) is 13.3. The SMILES string of the molecule is c1ccc(-n2c3ccc4cc3c3cc(ccc32)-c2ccc3sc5ccc(cc5c3c2)-c2cccc(c2)Cc2cccc-4c2)cc1. The summed E-state index contributed by atoms with van der Waals surface area (Å²) < 4.78 is 5.07. The fourth-order valence-corrected chi connectivity index (χ4v) is 8.40. The van der Waals surface area contributed by atoms with E-state index in [-0.39, 0.29) is 0 Å². The molecule has 1 aliphatic rings. The van der Waals surface area contributed by atoms with E-state index < -0.39 is 0 Å². The van der Waals surface area contributed by atoms with Crippen molar-refractivity contribution in [2.75, 3.05) is 0 Å². The van der Waals surface area contributed by atoms with Gasteiger partial charge in [0.2, 0.25) is 0 Å². The van der Waals surface area contributed by atoms with Gasteiger partial charge in [0.15, 0.2) is 0 Å². The fourth-order valence-electron chi connectivity index (χ4n) is 7.33. The van der Waals surface area contributed by atoms with Gasteiger partial charge in [0.25, 0.3) is 0 Å². The van der Waals surface area contributed by atoms with Crippen molar-refractivity contribution in [1.82, 2.24) is 4.57 Å². The van der Waals surface area contributed by atoms with Crippen molar-refractivity contribution in [3.05, 3.63) is 163 Å². The first kappa shape index (κ1) is 24.9. The zero-order valence-electron chi connectivity index (χ0n) is 24.5. The average Bonchev–Trinajstić information content (AvgIpc) is 3.62. The summed E-state index contributed by atoms with van der Waals surface area (Å²) >= 11 is 1.88. The highest BCUT2D eigenvalue weighted by atomic mass is 32.1. The summed E-state index contributed by atoms with van der Waals surface area (Å²) in [5, 5.41) is 5.21. The van der Waals surface area contributed by atoms with Gasteiger partial charge in [-0.05, 0) is 112 Å². The molecule has 0 atom stereocenters. The fraction of sp³-hybridized carbons (Fsp3) is 0.0233. The molecular weight excluding hydrogens is 563 g/mol. The van der Waals surface area contributed by atoms with Gasteiger partial charge >= 0.3 is 0 Å². The molecule has 0 unspecified atom stereocenters. The number of benzene rings is 7. The number of fused-ring (bicyclic) bond motifs is 11. The molecule has 0 aliphatic heterocycles. The first-order chi connectivity index (χ1) is 22.2. The molecule has 10 rings (SSSR count). The van der Waals surface area contributed by atoms with Crippen molar-refractivity contribution in [3.63, 3.8) is 0 Å². The van der Waals surface area contributed by atoms with Crippen LogP contribution in [0.25, 0.3) is 81.0 Å². The van der Waals surface area contributed by atoms with E-state index in [0.29, 0.717) is 0 Å². The van der Waals surface area contributed by atoms with Gasteiger partial charge < -0.3 is 4.57 Å². The van der Waals surface area contributed by atoms with Crippen LogP contribution < -0.4 is 0 Å². The topological polar surface area (TPSA) is 4.93 Å². The van der Waals surface area contributed by atoms with E-state index in [1.807, 2.05) is 11.3 Å². The number of aromatic nitrogens is 1. The molecule has 2 heterocycles. The van der Waals surface area contributed by atoms with E-state index in [4.69, 9.17) is 0 Å². The highest BCUT2D eigenvalue weighted by Gasteiger charge is 2.16. The molecule has 0 fully saturated rings. The van der Waals surface area contributed by atoms with E-state index >= 15 is 0 Å². The number of nitrogens with zero attached hydrogens (tertiary/aromatic N) is 1. The monoisotopic (exact) mass is 589 g/mol. The molecule has 9 aromatic rings. The first-order valence-corrected chi connectivity index (χ1v) is 16.4. The largest absolute Gasteiger partial charge is 0.309 e. The van der Waals surface area contributed by atoms with Crippen molar-refractivity contribution < 1.29 is 0 Å². The van der Waals surface area contributed by atoms with Crippen LogP contribution in [0.2, 0.25) is 0 Å². The van der Waals surface area contributed by atoms with Crippen molar-refractivity contribution in [2.24, 2.45) is 0 Å². The van der Waals surface area contributed by atoms with E-state index in [1.54, 1.807) is 0 Å². The molecule has 1 nitrogen and oxygen atoms in total. The number of rotatable bonds is 1. The van der Waals surface area contributed by atoms with Gasteiger partial charge in [-0.15, -0.1) is 11.3 Å². The van der Waals surface area contributed by atoms with Crippen molar-refractivity contribution in [3.8, 4) is 39.1 Å². The molecule has 210 valence electrons. The zero-order valence-corrected chi connectivity index (χ0v) is 25.3. The first-order valence-electron chi connectivity index (χ1n) is 15.5. The zero-order chi connectivity index (χ0) is 29.5. The molecule has 2 heteroatoms. The molecule has 0 saturated carbocycles. The molecule has 1 aliphatic carbocycles. The summed E-state index contributed by atoms with van der Waals surface area (Å²) in [6.45, 7) is 0. The molecule has 2 aromatic heterocycles. The Bertz CT molecular complexity index is 2620. The number of hydrogen-bond acceptors (Lipinski definition) is 1. The highest BCUT2D eigenvalue weighted by Crippen LogP contribution is 2.41. The molecule has 0 spiro atoms. The Labute approximate surface area is 265 Å². The van der Waals surface area contributed by atoms with Gasteiger partial charge in [-0.1, -0.05) is 91.0 Å². The van der Waals surface area contributed by atoms with Crippen LogP contribution in [0.15, 0.2) is 152 Å². The normalized spacial score (nSPS) is 12.4. The molecule has 12 bridgehead atoms. The summed E-state index contributed by atoms with van der Waals surface area (Å²) in [7, 11) is 0. The van der Waals surface area contributed by atoms with Gasteiger partial charge in [0, 0.05) is 36.6 Å². The van der Waals surface area contributed by atoms with E-state index in [9.17, 15) is 0 Å². The predicted molar refractivity (Wildman–Crippen MR) is 193 cm³/mol. The van der Waals surface area contributed by atoms with Crippen molar-refractivity contribution >= 4 is 53.3 Å². The minimum Gasteiger partial charge on any atom is -0.309 e. The summed E-state index contributed by atoms with van der Waals surface area (Å²) in [5.74, 6) is 0. The van der Waals surface area contributed by atoms with E-state index in [2.05, 4.69) is 156 Å². The lowest BCUT2D eigenvalue weighted by atomic mass is 9.96. The van der Waals surface area contributed by atoms with Gasteiger partial charge in [-0.3, -0.25) is 0 Å². The maximum atomic E-state index is 2.41. The Hall–Kier alpha value is -5.44. The third-order valence-electron chi connectivity index (χ3n) is 9.51. The van der Waals surface area contributed by atoms with Crippen LogP contribution in [-0.2, 0) is 6.42 Å². The predicted octanol–water partition coefficient (Wildman–Crippen LogP) is 12.1. The highest BCUT2D eigenvalue weighted by molar-refractivity contribution is 7.25. The van der Waals surface area contributed by atoms with Crippen LogP contribution in [0.1, 0.15) is 11.1 Å². The maximum Gasteiger partial charge on any atom is 0.0541 e.